The number of rotatable bonds is 4. The molecule has 2 heterocycles. The van der Waals surface area contributed by atoms with E-state index >= 15 is 0 Å². The number of aromatic amines is 1. The number of benzene rings is 2. The molecule has 1 N–H and O–H groups in total. The van der Waals surface area contributed by atoms with Gasteiger partial charge in [0.25, 0.3) is 5.91 Å². The minimum Gasteiger partial charge on any atom is -0.335 e. The number of hydrogen-bond donors (Lipinski definition) is 1. The second-order valence-corrected chi connectivity index (χ2v) is 8.17. The predicted octanol–water partition coefficient (Wildman–Crippen LogP) is 4.65. The van der Waals surface area contributed by atoms with Crippen LogP contribution in [-0.4, -0.2) is 52.1 Å². The van der Waals surface area contributed by atoms with Crippen molar-refractivity contribution in [3.8, 4) is 11.3 Å². The van der Waals surface area contributed by atoms with Gasteiger partial charge in [0.05, 0.1) is 15.7 Å². The summed E-state index contributed by atoms with van der Waals surface area (Å²) in [5.74, 6) is -0.0287. The molecule has 1 fully saturated rings. The Balaban J connectivity index is 1.37. The predicted molar refractivity (Wildman–Crippen MR) is 116 cm³/mol. The molecule has 1 aliphatic rings. The van der Waals surface area contributed by atoms with Gasteiger partial charge in [-0.05, 0) is 30.7 Å². The number of carbonyl (C=O) groups excluding carboxylic acids is 1. The minimum absolute atomic E-state index is 0.0287. The minimum atomic E-state index is -0.0287. The molecule has 5 nitrogen and oxygen atoms in total. The van der Waals surface area contributed by atoms with Crippen LogP contribution in [0.15, 0.2) is 48.5 Å². The van der Waals surface area contributed by atoms with Crippen LogP contribution >= 0.6 is 23.2 Å². The van der Waals surface area contributed by atoms with Gasteiger partial charge in [-0.3, -0.25) is 14.8 Å². The summed E-state index contributed by atoms with van der Waals surface area (Å²) < 4.78 is 0. The van der Waals surface area contributed by atoms with Crippen LogP contribution < -0.4 is 0 Å². The van der Waals surface area contributed by atoms with Crippen molar-refractivity contribution in [1.29, 1.82) is 0 Å². The summed E-state index contributed by atoms with van der Waals surface area (Å²) in [5, 5.41) is 8.08. The SMILES string of the molecule is Cc1cccc(CN2CCN(C(=O)c3cc(-c4ccc(Cl)c(Cl)c4)n[nH]3)CC2)c1. The van der Waals surface area contributed by atoms with E-state index in [1.165, 1.54) is 11.1 Å². The first kappa shape index (κ1) is 20.0. The number of nitrogens with one attached hydrogen (secondary N) is 1. The number of piperazine rings is 1. The Morgan fingerprint density at radius 2 is 1.83 bits per heavy atom. The molecule has 3 aromatic rings. The van der Waals surface area contributed by atoms with Gasteiger partial charge in [0, 0.05) is 38.3 Å². The maximum absolute atomic E-state index is 12.9. The summed E-state index contributed by atoms with van der Waals surface area (Å²) in [4.78, 5) is 17.1. The van der Waals surface area contributed by atoms with Crippen LogP contribution in [0.25, 0.3) is 11.3 Å². The topological polar surface area (TPSA) is 52.2 Å². The van der Waals surface area contributed by atoms with Crippen LogP contribution in [0, 0.1) is 6.92 Å². The van der Waals surface area contributed by atoms with Crippen LogP contribution in [-0.2, 0) is 6.54 Å². The van der Waals surface area contributed by atoms with Gasteiger partial charge in [-0.25, -0.2) is 0 Å². The Hall–Kier alpha value is -2.34. The Labute approximate surface area is 180 Å². The lowest BCUT2D eigenvalue weighted by Gasteiger charge is -2.34. The number of H-pyrrole nitrogens is 1. The summed E-state index contributed by atoms with van der Waals surface area (Å²) in [6.45, 7) is 6.13. The molecule has 1 aliphatic heterocycles. The monoisotopic (exact) mass is 428 g/mol. The lowest BCUT2D eigenvalue weighted by atomic mass is 10.1. The number of amides is 1. The average molecular weight is 429 g/mol. The first-order valence-corrected chi connectivity index (χ1v) is 10.3. The van der Waals surface area contributed by atoms with Crippen molar-refractivity contribution in [3.05, 3.63) is 75.4 Å². The van der Waals surface area contributed by atoms with Crippen molar-refractivity contribution < 1.29 is 4.79 Å². The molecular formula is C22H22Cl2N4O. The van der Waals surface area contributed by atoms with Crippen LogP contribution in [0.2, 0.25) is 10.0 Å². The van der Waals surface area contributed by atoms with Gasteiger partial charge >= 0.3 is 0 Å². The van der Waals surface area contributed by atoms with E-state index in [1.54, 1.807) is 18.2 Å². The molecule has 0 radical (unpaired) electrons. The Kier molecular flexibility index (Phi) is 5.90. The third kappa shape index (κ3) is 4.64. The van der Waals surface area contributed by atoms with Gasteiger partial charge in [0.15, 0.2) is 0 Å². The second kappa shape index (κ2) is 8.57. The molecule has 29 heavy (non-hydrogen) atoms. The summed E-state index contributed by atoms with van der Waals surface area (Å²) in [5.41, 5.74) is 4.55. The summed E-state index contributed by atoms with van der Waals surface area (Å²) >= 11 is 12.1. The second-order valence-electron chi connectivity index (χ2n) is 7.35. The van der Waals surface area contributed by atoms with Gasteiger partial charge in [0.2, 0.25) is 0 Å². The first-order chi connectivity index (χ1) is 14.0. The number of aromatic nitrogens is 2. The highest BCUT2D eigenvalue weighted by molar-refractivity contribution is 6.42. The zero-order chi connectivity index (χ0) is 20.4. The van der Waals surface area contributed by atoms with E-state index < -0.39 is 0 Å². The molecule has 0 bridgehead atoms. The molecule has 1 saturated heterocycles. The van der Waals surface area contributed by atoms with E-state index in [9.17, 15) is 4.79 Å². The quantitative estimate of drug-likeness (QED) is 0.657. The third-order valence-corrected chi connectivity index (χ3v) is 5.91. The van der Waals surface area contributed by atoms with Crippen LogP contribution in [0.1, 0.15) is 21.6 Å². The number of nitrogens with zero attached hydrogens (tertiary/aromatic N) is 3. The van der Waals surface area contributed by atoms with E-state index in [1.807, 2.05) is 11.0 Å². The Morgan fingerprint density at radius 3 is 2.55 bits per heavy atom. The number of aryl methyl sites for hydroxylation is 1. The average Bonchev–Trinajstić information content (AvgIpc) is 3.20. The fraction of sp³-hybridized carbons (Fsp3) is 0.273. The molecule has 2 aromatic carbocycles. The zero-order valence-electron chi connectivity index (χ0n) is 16.2. The summed E-state index contributed by atoms with van der Waals surface area (Å²) in [6.07, 6.45) is 0. The lowest BCUT2D eigenvalue weighted by Crippen LogP contribution is -2.48. The maximum atomic E-state index is 12.9. The molecule has 1 amide bonds. The highest BCUT2D eigenvalue weighted by Gasteiger charge is 2.23. The van der Waals surface area contributed by atoms with Crippen molar-refractivity contribution in [3.63, 3.8) is 0 Å². The van der Waals surface area contributed by atoms with Crippen molar-refractivity contribution in [2.45, 2.75) is 13.5 Å². The number of halogens is 2. The molecule has 0 saturated carbocycles. The number of hydrogen-bond acceptors (Lipinski definition) is 3. The fourth-order valence-electron chi connectivity index (χ4n) is 3.58. The Morgan fingerprint density at radius 1 is 1.03 bits per heavy atom. The molecule has 150 valence electrons. The molecule has 7 heteroatoms. The van der Waals surface area contributed by atoms with E-state index in [-0.39, 0.29) is 5.91 Å². The smallest absolute Gasteiger partial charge is 0.271 e. The van der Waals surface area contributed by atoms with Crippen molar-refractivity contribution in [2.75, 3.05) is 26.2 Å². The molecule has 1 aromatic heterocycles. The van der Waals surface area contributed by atoms with Crippen molar-refractivity contribution in [1.82, 2.24) is 20.0 Å². The molecule has 0 unspecified atom stereocenters. The standard InChI is InChI=1S/C22H22Cl2N4O/c1-15-3-2-4-16(11-15)14-27-7-9-28(10-8-27)22(29)21-13-20(25-26-21)17-5-6-18(23)19(24)12-17/h2-6,11-13H,7-10,14H2,1H3,(H,25,26). The largest absolute Gasteiger partial charge is 0.335 e. The maximum Gasteiger partial charge on any atom is 0.271 e. The van der Waals surface area contributed by atoms with Crippen molar-refractivity contribution in [2.24, 2.45) is 0 Å². The van der Waals surface area contributed by atoms with E-state index in [4.69, 9.17) is 23.2 Å². The van der Waals surface area contributed by atoms with Crippen LogP contribution in [0.5, 0.6) is 0 Å². The first-order valence-electron chi connectivity index (χ1n) is 9.57. The van der Waals surface area contributed by atoms with Crippen molar-refractivity contribution >= 4 is 29.1 Å². The molecular weight excluding hydrogens is 407 g/mol. The highest BCUT2D eigenvalue weighted by Crippen LogP contribution is 2.28. The zero-order valence-corrected chi connectivity index (χ0v) is 17.7. The van der Waals surface area contributed by atoms with Crippen LogP contribution in [0.3, 0.4) is 0 Å². The third-order valence-electron chi connectivity index (χ3n) is 5.17. The van der Waals surface area contributed by atoms with Gasteiger partial charge in [-0.2, -0.15) is 5.10 Å². The van der Waals surface area contributed by atoms with Gasteiger partial charge in [-0.1, -0.05) is 59.1 Å². The van der Waals surface area contributed by atoms with Crippen LogP contribution in [0.4, 0.5) is 0 Å². The van der Waals surface area contributed by atoms with E-state index in [2.05, 4.69) is 46.3 Å². The molecule has 0 spiro atoms. The molecule has 4 rings (SSSR count). The van der Waals surface area contributed by atoms with E-state index in [0.29, 0.717) is 34.5 Å². The number of carbonyl (C=O) groups is 1. The normalized spacial score (nSPS) is 14.9. The van der Waals surface area contributed by atoms with Gasteiger partial charge in [-0.15, -0.1) is 0 Å². The summed E-state index contributed by atoms with van der Waals surface area (Å²) in [7, 11) is 0. The summed E-state index contributed by atoms with van der Waals surface area (Å²) in [6, 6.07) is 15.6. The van der Waals surface area contributed by atoms with E-state index in [0.717, 1.165) is 25.2 Å². The Bertz CT molecular complexity index is 1030. The molecule has 0 atom stereocenters. The lowest BCUT2D eigenvalue weighted by molar-refractivity contribution is 0.0622. The van der Waals surface area contributed by atoms with Gasteiger partial charge < -0.3 is 4.90 Å². The molecule has 0 aliphatic carbocycles. The fourth-order valence-corrected chi connectivity index (χ4v) is 3.88. The van der Waals surface area contributed by atoms with Gasteiger partial charge in [0.1, 0.15) is 5.69 Å². The highest BCUT2D eigenvalue weighted by atomic mass is 35.5.